The molecule has 74 valence electrons. The molecule has 2 rings (SSSR count). The lowest BCUT2D eigenvalue weighted by atomic mass is 9.76. The van der Waals surface area contributed by atoms with Crippen LogP contribution in [0.5, 0.6) is 0 Å². The standard InChI is InChI=1S/C10H13N3O/c1-10(7-3-5-12-6-4-7)8(11)9(14)13(10)2/h3-6,8H,11H2,1-2H3/t8-,10-/m1/s1. The van der Waals surface area contributed by atoms with Crippen LogP contribution in [0.3, 0.4) is 0 Å². The number of nitrogens with zero attached hydrogens (tertiary/aromatic N) is 2. The average Bonchev–Trinajstić information content (AvgIpc) is 2.27. The van der Waals surface area contributed by atoms with Crippen molar-refractivity contribution in [1.29, 1.82) is 0 Å². The van der Waals surface area contributed by atoms with Crippen LogP contribution in [-0.4, -0.2) is 28.9 Å². The lowest BCUT2D eigenvalue weighted by Crippen LogP contribution is -2.72. The first-order chi connectivity index (χ1) is 6.58. The Bertz CT molecular complexity index is 351. The molecule has 0 aliphatic carbocycles. The van der Waals surface area contributed by atoms with Crippen molar-refractivity contribution in [2.24, 2.45) is 5.73 Å². The van der Waals surface area contributed by atoms with Gasteiger partial charge in [0.1, 0.15) is 6.04 Å². The van der Waals surface area contributed by atoms with Gasteiger partial charge in [0, 0.05) is 19.4 Å². The summed E-state index contributed by atoms with van der Waals surface area (Å²) in [5.41, 5.74) is 6.47. The van der Waals surface area contributed by atoms with Gasteiger partial charge in [-0.15, -0.1) is 0 Å². The number of likely N-dealkylation sites (N-methyl/N-ethyl adjacent to an activating group) is 1. The smallest absolute Gasteiger partial charge is 0.242 e. The Hall–Kier alpha value is -1.42. The van der Waals surface area contributed by atoms with Gasteiger partial charge in [0.15, 0.2) is 0 Å². The van der Waals surface area contributed by atoms with Crippen LogP contribution in [0.25, 0.3) is 0 Å². The molecule has 0 aromatic carbocycles. The number of amides is 1. The molecule has 0 radical (unpaired) electrons. The molecule has 2 heterocycles. The molecule has 0 unspecified atom stereocenters. The predicted molar refractivity (Wildman–Crippen MR) is 52.3 cm³/mol. The van der Waals surface area contributed by atoms with E-state index in [2.05, 4.69) is 4.98 Å². The van der Waals surface area contributed by atoms with Gasteiger partial charge in [-0.05, 0) is 24.6 Å². The van der Waals surface area contributed by atoms with Crippen LogP contribution >= 0.6 is 0 Å². The van der Waals surface area contributed by atoms with Crippen molar-refractivity contribution in [3.05, 3.63) is 30.1 Å². The van der Waals surface area contributed by atoms with Crippen molar-refractivity contribution in [3.63, 3.8) is 0 Å². The summed E-state index contributed by atoms with van der Waals surface area (Å²) in [5.74, 6) is -0.00990. The minimum Gasteiger partial charge on any atom is -0.333 e. The monoisotopic (exact) mass is 191 g/mol. The van der Waals surface area contributed by atoms with Crippen LogP contribution in [0.15, 0.2) is 24.5 Å². The lowest BCUT2D eigenvalue weighted by Gasteiger charge is -2.52. The maximum atomic E-state index is 11.3. The second-order valence-corrected chi connectivity index (χ2v) is 3.76. The van der Waals surface area contributed by atoms with Crippen molar-refractivity contribution in [2.75, 3.05) is 7.05 Å². The van der Waals surface area contributed by atoms with Crippen molar-refractivity contribution in [1.82, 2.24) is 9.88 Å². The van der Waals surface area contributed by atoms with E-state index in [0.717, 1.165) is 5.56 Å². The first-order valence-electron chi connectivity index (χ1n) is 4.52. The number of pyridine rings is 1. The Kier molecular flexibility index (Phi) is 1.82. The van der Waals surface area contributed by atoms with Gasteiger partial charge in [-0.1, -0.05) is 0 Å². The summed E-state index contributed by atoms with van der Waals surface area (Å²) in [7, 11) is 1.77. The van der Waals surface area contributed by atoms with Gasteiger partial charge in [0.05, 0.1) is 5.54 Å². The third-order valence-corrected chi connectivity index (χ3v) is 3.16. The molecule has 1 fully saturated rings. The number of nitrogens with two attached hydrogens (primary N) is 1. The van der Waals surface area contributed by atoms with Gasteiger partial charge in [0.2, 0.25) is 5.91 Å². The maximum Gasteiger partial charge on any atom is 0.242 e. The number of β-lactam (4-membered cyclic amide) rings is 1. The van der Waals surface area contributed by atoms with Crippen LogP contribution < -0.4 is 5.73 Å². The van der Waals surface area contributed by atoms with E-state index >= 15 is 0 Å². The fraction of sp³-hybridized carbons (Fsp3) is 0.400. The van der Waals surface area contributed by atoms with Crippen molar-refractivity contribution >= 4 is 5.91 Å². The molecule has 0 spiro atoms. The van der Waals surface area contributed by atoms with E-state index in [1.165, 1.54) is 0 Å². The van der Waals surface area contributed by atoms with Gasteiger partial charge in [-0.2, -0.15) is 0 Å². The Balaban J connectivity index is 2.40. The third-order valence-electron chi connectivity index (χ3n) is 3.16. The summed E-state index contributed by atoms with van der Waals surface area (Å²) in [6.07, 6.45) is 3.42. The highest BCUT2D eigenvalue weighted by molar-refractivity contribution is 5.91. The zero-order chi connectivity index (χ0) is 10.3. The normalized spacial score (nSPS) is 31.5. The molecule has 1 aliphatic rings. The minimum absolute atomic E-state index is 0.00990. The lowest BCUT2D eigenvalue weighted by molar-refractivity contribution is -0.157. The summed E-state index contributed by atoms with van der Waals surface area (Å²) >= 11 is 0. The molecule has 1 aliphatic heterocycles. The molecule has 0 saturated carbocycles. The molecule has 1 aromatic rings. The van der Waals surface area contributed by atoms with Gasteiger partial charge >= 0.3 is 0 Å². The number of likely N-dealkylation sites (tertiary alicyclic amines) is 1. The van der Waals surface area contributed by atoms with Gasteiger partial charge in [-0.3, -0.25) is 9.78 Å². The number of carbonyl (C=O) groups excluding carboxylic acids is 1. The van der Waals surface area contributed by atoms with Gasteiger partial charge in [-0.25, -0.2) is 0 Å². The SMILES string of the molecule is CN1C(=O)[C@@H](N)[C@@]1(C)c1ccncc1. The molecule has 1 aromatic heterocycles. The number of rotatable bonds is 1. The third kappa shape index (κ3) is 0.915. The zero-order valence-electron chi connectivity index (χ0n) is 8.27. The fourth-order valence-corrected chi connectivity index (χ4v) is 1.88. The molecule has 4 nitrogen and oxygen atoms in total. The van der Waals surface area contributed by atoms with E-state index in [4.69, 9.17) is 5.73 Å². The Morgan fingerprint density at radius 1 is 1.50 bits per heavy atom. The van der Waals surface area contributed by atoms with E-state index in [1.807, 2.05) is 19.1 Å². The molecular weight excluding hydrogens is 178 g/mol. The van der Waals surface area contributed by atoms with Crippen LogP contribution in [0.2, 0.25) is 0 Å². The van der Waals surface area contributed by atoms with E-state index in [-0.39, 0.29) is 11.4 Å². The van der Waals surface area contributed by atoms with Gasteiger partial charge < -0.3 is 10.6 Å². The van der Waals surface area contributed by atoms with Crippen LogP contribution in [0, 0.1) is 0 Å². The molecule has 1 saturated heterocycles. The van der Waals surface area contributed by atoms with Crippen LogP contribution in [0.1, 0.15) is 12.5 Å². The summed E-state index contributed by atoms with van der Waals surface area (Å²) < 4.78 is 0. The largest absolute Gasteiger partial charge is 0.333 e. The first kappa shape index (κ1) is 9.15. The molecule has 1 amide bonds. The van der Waals surface area contributed by atoms with Crippen molar-refractivity contribution in [2.45, 2.75) is 18.5 Å². The Morgan fingerprint density at radius 3 is 2.57 bits per heavy atom. The quantitative estimate of drug-likeness (QED) is 0.640. The second-order valence-electron chi connectivity index (χ2n) is 3.76. The molecule has 0 bridgehead atoms. The van der Waals surface area contributed by atoms with Crippen molar-refractivity contribution in [3.8, 4) is 0 Å². The van der Waals surface area contributed by atoms with Crippen LogP contribution in [-0.2, 0) is 10.3 Å². The van der Waals surface area contributed by atoms with Crippen LogP contribution in [0.4, 0.5) is 0 Å². The van der Waals surface area contributed by atoms with Crippen molar-refractivity contribution < 1.29 is 4.79 Å². The highest BCUT2D eigenvalue weighted by Crippen LogP contribution is 2.38. The number of hydrogen-bond donors (Lipinski definition) is 1. The number of hydrogen-bond acceptors (Lipinski definition) is 3. The fourth-order valence-electron chi connectivity index (χ4n) is 1.88. The van der Waals surface area contributed by atoms with E-state index in [0.29, 0.717) is 0 Å². The number of carbonyl (C=O) groups is 1. The number of aromatic nitrogens is 1. The topological polar surface area (TPSA) is 59.2 Å². The maximum absolute atomic E-state index is 11.3. The van der Waals surface area contributed by atoms with E-state index in [1.54, 1.807) is 24.3 Å². The second kappa shape index (κ2) is 2.78. The van der Waals surface area contributed by atoms with Gasteiger partial charge in [0.25, 0.3) is 0 Å². The average molecular weight is 191 g/mol. The molecule has 2 atom stereocenters. The summed E-state index contributed by atoms with van der Waals surface area (Å²) in [6.45, 7) is 1.97. The summed E-state index contributed by atoms with van der Waals surface area (Å²) in [5, 5.41) is 0. The van der Waals surface area contributed by atoms with E-state index in [9.17, 15) is 4.79 Å². The Labute approximate surface area is 82.7 Å². The summed E-state index contributed by atoms with van der Waals surface area (Å²) in [4.78, 5) is 17.0. The predicted octanol–water partition coefficient (Wildman–Crippen LogP) is 0.0961. The molecular formula is C10H13N3O. The zero-order valence-corrected chi connectivity index (χ0v) is 8.27. The molecule has 14 heavy (non-hydrogen) atoms. The van der Waals surface area contributed by atoms with E-state index < -0.39 is 6.04 Å². The highest BCUT2D eigenvalue weighted by Gasteiger charge is 2.53. The first-order valence-corrected chi connectivity index (χ1v) is 4.52. The highest BCUT2D eigenvalue weighted by atomic mass is 16.2. The minimum atomic E-state index is -0.435. The summed E-state index contributed by atoms with van der Waals surface area (Å²) in [6, 6.07) is 3.35. The Morgan fingerprint density at radius 2 is 2.07 bits per heavy atom. The molecule has 2 N–H and O–H groups in total. The molecule has 4 heteroatoms.